The fraction of sp³-hybridized carbons (Fsp3) is 0.263. The summed E-state index contributed by atoms with van der Waals surface area (Å²) in [4.78, 5) is 14.5. The number of rotatable bonds is 7. The van der Waals surface area contributed by atoms with Crippen LogP contribution in [-0.2, 0) is 6.42 Å². The molecule has 0 atom stereocenters. The number of ether oxygens (including phenoxy) is 1. The summed E-state index contributed by atoms with van der Waals surface area (Å²) < 4.78 is 5.27. The van der Waals surface area contributed by atoms with Crippen molar-refractivity contribution in [2.75, 3.05) is 20.2 Å². The summed E-state index contributed by atoms with van der Waals surface area (Å²) in [5.41, 5.74) is 1.70. The maximum Gasteiger partial charge on any atom is 0.257 e. The summed E-state index contributed by atoms with van der Waals surface area (Å²) in [5.74, 6) is 0.452. The molecular formula is C19H20N2O2. The molecule has 0 saturated heterocycles. The molecule has 0 aliphatic rings. The second-order valence-electron chi connectivity index (χ2n) is 5.14. The standard InChI is InChI=1S/C19H20N2O2/c1-23-18-11-6-5-10-17(18)19(22)21(14-7-13-20)15-12-16-8-3-2-4-9-16/h2-6,8-11H,7,12,14-15H2,1H3. The zero-order chi connectivity index (χ0) is 16.5. The van der Waals surface area contributed by atoms with Crippen molar-refractivity contribution in [3.05, 3.63) is 65.7 Å². The van der Waals surface area contributed by atoms with E-state index in [-0.39, 0.29) is 5.91 Å². The van der Waals surface area contributed by atoms with Crippen molar-refractivity contribution < 1.29 is 9.53 Å². The molecule has 1 amide bonds. The molecule has 0 aliphatic carbocycles. The Kier molecular flexibility index (Phi) is 6.19. The average molecular weight is 308 g/mol. The molecule has 118 valence electrons. The molecule has 0 saturated carbocycles. The van der Waals surface area contributed by atoms with Crippen LogP contribution in [0.3, 0.4) is 0 Å². The van der Waals surface area contributed by atoms with Gasteiger partial charge < -0.3 is 9.64 Å². The van der Waals surface area contributed by atoms with Crippen molar-refractivity contribution in [3.63, 3.8) is 0 Å². The van der Waals surface area contributed by atoms with Crippen LogP contribution in [0.5, 0.6) is 5.75 Å². The second-order valence-corrected chi connectivity index (χ2v) is 5.14. The Morgan fingerprint density at radius 2 is 1.78 bits per heavy atom. The van der Waals surface area contributed by atoms with Gasteiger partial charge in [0.05, 0.1) is 25.2 Å². The van der Waals surface area contributed by atoms with Gasteiger partial charge in [0.25, 0.3) is 5.91 Å². The Labute approximate surface area is 136 Å². The van der Waals surface area contributed by atoms with E-state index < -0.39 is 0 Å². The van der Waals surface area contributed by atoms with Crippen molar-refractivity contribution in [1.29, 1.82) is 5.26 Å². The first-order valence-corrected chi connectivity index (χ1v) is 7.59. The van der Waals surface area contributed by atoms with Gasteiger partial charge in [0.15, 0.2) is 0 Å². The lowest BCUT2D eigenvalue weighted by Crippen LogP contribution is -2.34. The number of carbonyl (C=O) groups excluding carboxylic acids is 1. The van der Waals surface area contributed by atoms with E-state index in [0.717, 1.165) is 6.42 Å². The van der Waals surface area contributed by atoms with Gasteiger partial charge in [-0.3, -0.25) is 4.79 Å². The van der Waals surface area contributed by atoms with Crippen molar-refractivity contribution in [2.24, 2.45) is 0 Å². The fourth-order valence-electron chi connectivity index (χ4n) is 2.40. The maximum absolute atomic E-state index is 12.8. The molecule has 4 nitrogen and oxygen atoms in total. The first kappa shape index (κ1) is 16.6. The van der Waals surface area contributed by atoms with E-state index in [4.69, 9.17) is 10.00 Å². The SMILES string of the molecule is COc1ccccc1C(=O)N(CCC#N)CCc1ccccc1. The monoisotopic (exact) mass is 308 g/mol. The summed E-state index contributed by atoms with van der Waals surface area (Å²) in [6.45, 7) is 0.989. The van der Waals surface area contributed by atoms with E-state index in [1.807, 2.05) is 42.5 Å². The molecule has 0 spiro atoms. The van der Waals surface area contributed by atoms with Gasteiger partial charge in [0.2, 0.25) is 0 Å². The largest absolute Gasteiger partial charge is 0.496 e. The Morgan fingerprint density at radius 3 is 2.48 bits per heavy atom. The van der Waals surface area contributed by atoms with Crippen molar-refractivity contribution >= 4 is 5.91 Å². The highest BCUT2D eigenvalue weighted by molar-refractivity contribution is 5.97. The number of benzene rings is 2. The normalized spacial score (nSPS) is 9.91. The number of hydrogen-bond donors (Lipinski definition) is 0. The predicted molar refractivity (Wildman–Crippen MR) is 89.3 cm³/mol. The third-order valence-corrected chi connectivity index (χ3v) is 3.63. The number of amides is 1. The summed E-state index contributed by atoms with van der Waals surface area (Å²) >= 11 is 0. The van der Waals surface area contributed by atoms with Crippen LogP contribution in [0.4, 0.5) is 0 Å². The third kappa shape index (κ3) is 4.58. The number of hydrogen-bond acceptors (Lipinski definition) is 3. The van der Waals surface area contributed by atoms with Gasteiger partial charge in [-0.1, -0.05) is 42.5 Å². The van der Waals surface area contributed by atoms with E-state index in [1.54, 1.807) is 24.1 Å². The van der Waals surface area contributed by atoms with E-state index >= 15 is 0 Å². The van der Waals surface area contributed by atoms with Crippen LogP contribution < -0.4 is 4.74 Å². The molecule has 0 bridgehead atoms. The highest BCUT2D eigenvalue weighted by Gasteiger charge is 2.18. The lowest BCUT2D eigenvalue weighted by molar-refractivity contribution is 0.0757. The highest BCUT2D eigenvalue weighted by Crippen LogP contribution is 2.19. The second kappa shape index (κ2) is 8.60. The lowest BCUT2D eigenvalue weighted by Gasteiger charge is -2.22. The molecule has 0 N–H and O–H groups in total. The minimum Gasteiger partial charge on any atom is -0.496 e. The molecule has 23 heavy (non-hydrogen) atoms. The minimum absolute atomic E-state index is 0.103. The molecule has 2 aromatic carbocycles. The summed E-state index contributed by atoms with van der Waals surface area (Å²) in [6, 6.07) is 19.3. The third-order valence-electron chi connectivity index (χ3n) is 3.63. The maximum atomic E-state index is 12.8. The van der Waals surface area contributed by atoms with Crippen LogP contribution in [-0.4, -0.2) is 31.0 Å². The van der Waals surface area contributed by atoms with Crippen molar-refractivity contribution in [3.8, 4) is 11.8 Å². The molecule has 0 heterocycles. The first-order chi connectivity index (χ1) is 11.3. The topological polar surface area (TPSA) is 53.3 Å². The van der Waals surface area contributed by atoms with Gasteiger partial charge in [-0.25, -0.2) is 0 Å². The van der Waals surface area contributed by atoms with Crippen LogP contribution >= 0.6 is 0 Å². The average Bonchev–Trinajstić information content (AvgIpc) is 2.62. The van der Waals surface area contributed by atoms with Crippen molar-refractivity contribution in [1.82, 2.24) is 4.90 Å². The smallest absolute Gasteiger partial charge is 0.257 e. The first-order valence-electron chi connectivity index (χ1n) is 7.59. The van der Waals surface area contributed by atoms with Gasteiger partial charge >= 0.3 is 0 Å². The summed E-state index contributed by atoms with van der Waals surface area (Å²) in [5, 5.41) is 8.84. The molecule has 0 unspecified atom stereocenters. The Hall–Kier alpha value is -2.80. The van der Waals surface area contributed by atoms with Gasteiger partial charge in [-0.05, 0) is 24.1 Å². The Bertz CT molecular complexity index is 677. The quantitative estimate of drug-likeness (QED) is 0.788. The van der Waals surface area contributed by atoms with Crippen LogP contribution in [0.25, 0.3) is 0 Å². The minimum atomic E-state index is -0.103. The molecule has 0 fully saturated rings. The molecule has 0 aliphatic heterocycles. The van der Waals surface area contributed by atoms with Crippen LogP contribution in [0.1, 0.15) is 22.3 Å². The highest BCUT2D eigenvalue weighted by atomic mass is 16.5. The van der Waals surface area contributed by atoms with Crippen LogP contribution in [0.2, 0.25) is 0 Å². The number of carbonyl (C=O) groups is 1. The van der Waals surface area contributed by atoms with E-state index in [0.29, 0.717) is 30.8 Å². The molecule has 4 heteroatoms. The van der Waals surface area contributed by atoms with E-state index in [1.165, 1.54) is 5.56 Å². The molecular weight excluding hydrogens is 288 g/mol. The molecule has 0 aromatic heterocycles. The summed E-state index contributed by atoms with van der Waals surface area (Å²) in [7, 11) is 1.55. The molecule has 0 radical (unpaired) electrons. The zero-order valence-corrected chi connectivity index (χ0v) is 13.2. The van der Waals surface area contributed by atoms with Gasteiger partial charge in [-0.2, -0.15) is 5.26 Å². The summed E-state index contributed by atoms with van der Waals surface area (Å²) in [6.07, 6.45) is 1.07. The number of methoxy groups -OCH3 is 1. The Balaban J connectivity index is 2.13. The molecule has 2 aromatic rings. The predicted octanol–water partition coefficient (Wildman–Crippen LogP) is 3.29. The zero-order valence-electron chi connectivity index (χ0n) is 13.2. The van der Waals surface area contributed by atoms with Gasteiger partial charge in [-0.15, -0.1) is 0 Å². The lowest BCUT2D eigenvalue weighted by atomic mass is 10.1. The van der Waals surface area contributed by atoms with Crippen LogP contribution in [0, 0.1) is 11.3 Å². The van der Waals surface area contributed by atoms with Gasteiger partial charge in [0.1, 0.15) is 5.75 Å². The number of para-hydroxylation sites is 1. The van der Waals surface area contributed by atoms with E-state index in [2.05, 4.69) is 6.07 Å². The van der Waals surface area contributed by atoms with Gasteiger partial charge in [0, 0.05) is 13.1 Å². The fourth-order valence-corrected chi connectivity index (χ4v) is 2.40. The Morgan fingerprint density at radius 1 is 1.09 bits per heavy atom. The van der Waals surface area contributed by atoms with Crippen LogP contribution in [0.15, 0.2) is 54.6 Å². The van der Waals surface area contributed by atoms with E-state index in [9.17, 15) is 4.79 Å². The molecule has 2 rings (SSSR count). The van der Waals surface area contributed by atoms with Crippen molar-refractivity contribution in [2.45, 2.75) is 12.8 Å². The number of nitrogens with zero attached hydrogens (tertiary/aromatic N) is 2. The number of nitriles is 1.